The number of methoxy groups -OCH3 is 1. The van der Waals surface area contributed by atoms with Crippen LogP contribution in [0.15, 0.2) is 42.6 Å². The Labute approximate surface area is 133 Å². The summed E-state index contributed by atoms with van der Waals surface area (Å²) in [4.78, 5) is 5.67. The summed E-state index contributed by atoms with van der Waals surface area (Å²) < 4.78 is 31.8. The highest BCUT2D eigenvalue weighted by Crippen LogP contribution is 2.31. The van der Waals surface area contributed by atoms with Gasteiger partial charge in [0.25, 0.3) is 0 Å². The lowest BCUT2D eigenvalue weighted by atomic mass is 10.1. The molecule has 3 rings (SSSR count). The molecule has 6 heteroatoms. The second-order valence-electron chi connectivity index (χ2n) is 5.19. The van der Waals surface area contributed by atoms with E-state index >= 15 is 0 Å². The van der Waals surface area contributed by atoms with Crippen molar-refractivity contribution in [3.05, 3.63) is 65.5 Å². The van der Waals surface area contributed by atoms with Crippen LogP contribution in [-0.2, 0) is 4.74 Å². The van der Waals surface area contributed by atoms with Crippen LogP contribution in [-0.4, -0.2) is 36.8 Å². The maximum absolute atomic E-state index is 13.5. The minimum atomic E-state index is -0.535. The van der Waals surface area contributed by atoms with Gasteiger partial charge in [-0.2, -0.15) is 4.39 Å². The first-order valence-electron chi connectivity index (χ1n) is 7.29. The monoisotopic (exact) mass is 317 g/mol. The molecule has 0 saturated carbocycles. The number of benzene rings is 1. The second-order valence-corrected chi connectivity index (χ2v) is 5.19. The summed E-state index contributed by atoms with van der Waals surface area (Å²) >= 11 is 0. The minimum Gasteiger partial charge on any atom is -0.383 e. The largest absolute Gasteiger partial charge is 0.383 e. The Morgan fingerprint density at radius 2 is 1.96 bits per heavy atom. The third kappa shape index (κ3) is 3.32. The van der Waals surface area contributed by atoms with Crippen molar-refractivity contribution in [1.29, 1.82) is 0 Å². The quantitative estimate of drug-likeness (QED) is 0.861. The van der Waals surface area contributed by atoms with Crippen LogP contribution in [0.25, 0.3) is 11.4 Å². The topological polar surface area (TPSA) is 37.4 Å². The number of ether oxygens (including phenoxy) is 1. The van der Waals surface area contributed by atoms with Crippen LogP contribution in [0.2, 0.25) is 0 Å². The Bertz CT molecular complexity index is 716. The maximum Gasteiger partial charge on any atom is 0.213 e. The molecule has 0 bridgehead atoms. The van der Waals surface area contributed by atoms with Crippen molar-refractivity contribution in [2.24, 2.45) is 0 Å². The lowest BCUT2D eigenvalue weighted by Gasteiger charge is -2.21. The van der Waals surface area contributed by atoms with Gasteiger partial charge in [0, 0.05) is 31.5 Å². The fraction of sp³-hybridized carbons (Fsp3) is 0.235. The standard InChI is InChI=1S/C17H17F2N3O/c1-23-9-8-22-11-21-16(12-2-4-14(18)5-3-12)17(22)13-6-7-20-15(19)10-13/h2-7,10,21H,8-9,11H2,1H3. The summed E-state index contributed by atoms with van der Waals surface area (Å²) in [5, 5.41) is 3.30. The van der Waals surface area contributed by atoms with Gasteiger partial charge in [-0.1, -0.05) is 0 Å². The van der Waals surface area contributed by atoms with E-state index in [-0.39, 0.29) is 5.82 Å². The number of halogens is 2. The molecule has 1 aromatic heterocycles. The number of pyridine rings is 1. The van der Waals surface area contributed by atoms with E-state index in [0.29, 0.717) is 19.8 Å². The van der Waals surface area contributed by atoms with Gasteiger partial charge in [0.1, 0.15) is 5.82 Å². The SMILES string of the molecule is COCCN1CNC(c2ccc(F)cc2)=C1c1ccnc(F)c1. The van der Waals surface area contributed by atoms with E-state index in [1.165, 1.54) is 24.4 Å². The van der Waals surface area contributed by atoms with Gasteiger partial charge < -0.3 is 15.0 Å². The van der Waals surface area contributed by atoms with Crippen LogP contribution in [0, 0.1) is 11.8 Å². The first-order chi connectivity index (χ1) is 11.2. The summed E-state index contributed by atoms with van der Waals surface area (Å²) in [5.74, 6) is -0.827. The van der Waals surface area contributed by atoms with Crippen LogP contribution in [0.4, 0.5) is 8.78 Å². The molecular formula is C17H17F2N3O. The van der Waals surface area contributed by atoms with Gasteiger partial charge in [-0.3, -0.25) is 0 Å². The summed E-state index contributed by atoms with van der Waals surface area (Å²) in [6.07, 6.45) is 1.44. The molecule has 0 amide bonds. The van der Waals surface area contributed by atoms with Crippen LogP contribution in [0.3, 0.4) is 0 Å². The van der Waals surface area contributed by atoms with Crippen molar-refractivity contribution >= 4 is 11.4 Å². The molecule has 23 heavy (non-hydrogen) atoms. The van der Waals surface area contributed by atoms with Gasteiger partial charge in [0.15, 0.2) is 0 Å². The molecule has 2 heterocycles. The lowest BCUT2D eigenvalue weighted by Crippen LogP contribution is -2.27. The molecule has 0 radical (unpaired) electrons. The predicted octanol–water partition coefficient (Wildman–Crippen LogP) is 2.69. The predicted molar refractivity (Wildman–Crippen MR) is 84.0 cm³/mol. The van der Waals surface area contributed by atoms with Crippen molar-refractivity contribution in [2.75, 3.05) is 26.9 Å². The molecule has 1 aliphatic rings. The molecule has 4 nitrogen and oxygen atoms in total. The lowest BCUT2D eigenvalue weighted by molar-refractivity contribution is 0.174. The molecule has 1 aromatic carbocycles. The summed E-state index contributed by atoms with van der Waals surface area (Å²) in [6.45, 7) is 1.79. The van der Waals surface area contributed by atoms with Crippen molar-refractivity contribution in [1.82, 2.24) is 15.2 Å². The van der Waals surface area contributed by atoms with E-state index in [1.807, 2.05) is 0 Å². The maximum atomic E-state index is 13.5. The van der Waals surface area contributed by atoms with Gasteiger partial charge >= 0.3 is 0 Å². The van der Waals surface area contributed by atoms with Gasteiger partial charge in [0.05, 0.1) is 24.7 Å². The smallest absolute Gasteiger partial charge is 0.213 e. The van der Waals surface area contributed by atoms with Crippen LogP contribution < -0.4 is 5.32 Å². The Morgan fingerprint density at radius 3 is 2.65 bits per heavy atom. The van der Waals surface area contributed by atoms with Gasteiger partial charge in [-0.15, -0.1) is 0 Å². The zero-order valence-corrected chi connectivity index (χ0v) is 12.7. The van der Waals surface area contributed by atoms with E-state index in [1.54, 1.807) is 25.3 Å². The number of nitrogens with one attached hydrogen (secondary N) is 1. The Morgan fingerprint density at radius 1 is 1.17 bits per heavy atom. The first-order valence-corrected chi connectivity index (χ1v) is 7.29. The third-order valence-corrected chi connectivity index (χ3v) is 3.70. The minimum absolute atomic E-state index is 0.292. The molecule has 1 aliphatic heterocycles. The van der Waals surface area contributed by atoms with Gasteiger partial charge in [-0.05, 0) is 35.9 Å². The fourth-order valence-corrected chi connectivity index (χ4v) is 2.62. The second kappa shape index (κ2) is 6.75. The highest BCUT2D eigenvalue weighted by molar-refractivity contribution is 5.90. The van der Waals surface area contributed by atoms with Crippen molar-refractivity contribution in [3.8, 4) is 0 Å². The van der Waals surface area contributed by atoms with Crippen molar-refractivity contribution in [2.45, 2.75) is 0 Å². The van der Waals surface area contributed by atoms with E-state index in [0.717, 1.165) is 22.5 Å². The zero-order chi connectivity index (χ0) is 16.2. The average Bonchev–Trinajstić information content (AvgIpc) is 2.97. The molecule has 0 spiro atoms. The van der Waals surface area contributed by atoms with Crippen LogP contribution >= 0.6 is 0 Å². The van der Waals surface area contributed by atoms with Crippen LogP contribution in [0.1, 0.15) is 11.1 Å². The molecule has 0 saturated heterocycles. The molecule has 2 aromatic rings. The number of hydrogen-bond acceptors (Lipinski definition) is 4. The van der Waals surface area contributed by atoms with E-state index < -0.39 is 5.95 Å². The molecule has 120 valence electrons. The number of hydrogen-bond donors (Lipinski definition) is 1. The Hall–Kier alpha value is -2.47. The molecule has 0 aliphatic carbocycles. The molecule has 1 N–H and O–H groups in total. The van der Waals surface area contributed by atoms with E-state index in [4.69, 9.17) is 4.74 Å². The third-order valence-electron chi connectivity index (χ3n) is 3.70. The normalized spacial score (nSPS) is 14.3. The highest BCUT2D eigenvalue weighted by Gasteiger charge is 2.24. The van der Waals surface area contributed by atoms with E-state index in [9.17, 15) is 8.78 Å². The fourth-order valence-electron chi connectivity index (χ4n) is 2.62. The van der Waals surface area contributed by atoms with Crippen molar-refractivity contribution < 1.29 is 13.5 Å². The molecule has 0 atom stereocenters. The Balaban J connectivity index is 2.06. The average molecular weight is 317 g/mol. The van der Waals surface area contributed by atoms with E-state index in [2.05, 4.69) is 15.2 Å². The number of nitrogens with zero attached hydrogens (tertiary/aromatic N) is 2. The first kappa shape index (κ1) is 15.4. The summed E-state index contributed by atoms with van der Waals surface area (Å²) in [5.41, 5.74) is 3.26. The highest BCUT2D eigenvalue weighted by atomic mass is 19.1. The number of rotatable bonds is 5. The molecule has 0 unspecified atom stereocenters. The van der Waals surface area contributed by atoms with Gasteiger partial charge in [0.2, 0.25) is 5.95 Å². The van der Waals surface area contributed by atoms with Gasteiger partial charge in [-0.25, -0.2) is 9.37 Å². The molecule has 0 fully saturated rings. The number of aromatic nitrogens is 1. The molecular weight excluding hydrogens is 300 g/mol. The zero-order valence-electron chi connectivity index (χ0n) is 12.7. The summed E-state index contributed by atoms with van der Waals surface area (Å²) in [6, 6.07) is 9.38. The summed E-state index contributed by atoms with van der Waals surface area (Å²) in [7, 11) is 1.64. The van der Waals surface area contributed by atoms with Crippen molar-refractivity contribution in [3.63, 3.8) is 0 Å². The van der Waals surface area contributed by atoms with Crippen LogP contribution in [0.5, 0.6) is 0 Å². The Kier molecular flexibility index (Phi) is 4.52.